The van der Waals surface area contributed by atoms with E-state index >= 15 is 0 Å². The summed E-state index contributed by atoms with van der Waals surface area (Å²) in [5.41, 5.74) is 1.31. The van der Waals surface area contributed by atoms with Crippen LogP contribution in [0.1, 0.15) is 26.3 Å². The van der Waals surface area contributed by atoms with E-state index in [0.29, 0.717) is 12.0 Å². The largest absolute Gasteiger partial charge is 0.395 e. The molecule has 0 spiro atoms. The Morgan fingerprint density at radius 1 is 1.16 bits per heavy atom. The molecule has 1 aromatic carbocycles. The zero-order valence-electron chi connectivity index (χ0n) is 12.5. The third-order valence-corrected chi connectivity index (χ3v) is 3.11. The fraction of sp³-hybridized carbons (Fsp3) is 0.625. The summed E-state index contributed by atoms with van der Waals surface area (Å²) >= 11 is 0. The van der Waals surface area contributed by atoms with Crippen molar-refractivity contribution in [2.24, 2.45) is 5.92 Å². The molecule has 1 rings (SSSR count). The maximum atomic E-state index is 9.19. The lowest BCUT2D eigenvalue weighted by atomic mass is 10.1. The highest BCUT2D eigenvalue weighted by Gasteiger charge is 2.10. The van der Waals surface area contributed by atoms with Gasteiger partial charge in [-0.15, -0.1) is 0 Å². The molecule has 108 valence electrons. The fourth-order valence-electron chi connectivity index (χ4n) is 2.16. The zero-order valence-corrected chi connectivity index (χ0v) is 12.5. The Kier molecular flexibility index (Phi) is 7.72. The zero-order chi connectivity index (χ0) is 14.1. The Labute approximate surface area is 117 Å². The van der Waals surface area contributed by atoms with Crippen LogP contribution < -0.4 is 5.32 Å². The minimum absolute atomic E-state index is 0.219. The monoisotopic (exact) mass is 264 g/mol. The van der Waals surface area contributed by atoms with Crippen molar-refractivity contribution >= 4 is 0 Å². The minimum atomic E-state index is 0.219. The van der Waals surface area contributed by atoms with Crippen molar-refractivity contribution in [2.45, 2.75) is 33.4 Å². The SMILES string of the molecule is CC(CNC(C)C)CN(CCO)Cc1ccccc1. The summed E-state index contributed by atoms with van der Waals surface area (Å²) in [4.78, 5) is 2.32. The van der Waals surface area contributed by atoms with E-state index in [9.17, 15) is 5.11 Å². The van der Waals surface area contributed by atoms with Crippen LogP contribution in [0.3, 0.4) is 0 Å². The molecule has 0 saturated carbocycles. The number of benzene rings is 1. The molecule has 0 aliphatic rings. The fourth-order valence-corrected chi connectivity index (χ4v) is 2.16. The van der Waals surface area contributed by atoms with Crippen molar-refractivity contribution in [3.63, 3.8) is 0 Å². The number of nitrogens with zero attached hydrogens (tertiary/aromatic N) is 1. The average Bonchev–Trinajstić information content (AvgIpc) is 2.38. The first kappa shape index (κ1) is 16.2. The van der Waals surface area contributed by atoms with Crippen LogP contribution >= 0.6 is 0 Å². The number of hydrogen-bond acceptors (Lipinski definition) is 3. The molecule has 0 heterocycles. The molecule has 0 radical (unpaired) electrons. The topological polar surface area (TPSA) is 35.5 Å². The lowest BCUT2D eigenvalue weighted by Crippen LogP contribution is -2.36. The standard InChI is InChI=1S/C16H28N2O/c1-14(2)17-11-15(3)12-18(9-10-19)13-16-7-5-4-6-8-16/h4-8,14-15,17,19H,9-13H2,1-3H3. The van der Waals surface area contributed by atoms with Gasteiger partial charge >= 0.3 is 0 Å². The van der Waals surface area contributed by atoms with E-state index in [1.807, 2.05) is 6.07 Å². The molecule has 0 amide bonds. The van der Waals surface area contributed by atoms with Crippen LogP contribution in [0, 0.1) is 5.92 Å². The Balaban J connectivity index is 2.43. The third-order valence-electron chi connectivity index (χ3n) is 3.11. The van der Waals surface area contributed by atoms with E-state index in [1.54, 1.807) is 0 Å². The second kappa shape index (κ2) is 9.08. The van der Waals surface area contributed by atoms with Crippen LogP contribution in [0.5, 0.6) is 0 Å². The number of aliphatic hydroxyl groups excluding tert-OH is 1. The van der Waals surface area contributed by atoms with Crippen LogP contribution in [0.15, 0.2) is 30.3 Å². The molecule has 19 heavy (non-hydrogen) atoms. The van der Waals surface area contributed by atoms with E-state index in [0.717, 1.165) is 26.2 Å². The maximum Gasteiger partial charge on any atom is 0.0558 e. The van der Waals surface area contributed by atoms with E-state index < -0.39 is 0 Å². The molecule has 0 aliphatic heterocycles. The minimum Gasteiger partial charge on any atom is -0.395 e. The average molecular weight is 264 g/mol. The number of rotatable bonds is 9. The van der Waals surface area contributed by atoms with E-state index in [1.165, 1.54) is 5.56 Å². The molecule has 1 aromatic rings. The lowest BCUT2D eigenvalue weighted by Gasteiger charge is -2.25. The van der Waals surface area contributed by atoms with Gasteiger partial charge in [0.1, 0.15) is 0 Å². The number of hydrogen-bond donors (Lipinski definition) is 2. The molecule has 1 atom stereocenters. The Morgan fingerprint density at radius 2 is 1.84 bits per heavy atom. The highest BCUT2D eigenvalue weighted by Crippen LogP contribution is 2.07. The second-order valence-corrected chi connectivity index (χ2v) is 5.61. The molecule has 0 saturated heterocycles. The molecule has 2 N–H and O–H groups in total. The van der Waals surface area contributed by atoms with Crippen LogP contribution in [-0.4, -0.2) is 42.3 Å². The molecule has 3 heteroatoms. The summed E-state index contributed by atoms with van der Waals surface area (Å²) in [6.45, 7) is 10.5. The van der Waals surface area contributed by atoms with Crippen molar-refractivity contribution < 1.29 is 5.11 Å². The van der Waals surface area contributed by atoms with Gasteiger partial charge in [0.05, 0.1) is 6.61 Å². The first-order valence-electron chi connectivity index (χ1n) is 7.22. The van der Waals surface area contributed by atoms with Gasteiger partial charge in [-0.2, -0.15) is 0 Å². The smallest absolute Gasteiger partial charge is 0.0558 e. The molecule has 3 nitrogen and oxygen atoms in total. The maximum absolute atomic E-state index is 9.19. The van der Waals surface area contributed by atoms with Gasteiger partial charge in [-0.3, -0.25) is 4.90 Å². The first-order valence-corrected chi connectivity index (χ1v) is 7.22. The van der Waals surface area contributed by atoms with Crippen molar-refractivity contribution in [1.82, 2.24) is 10.2 Å². The molecule has 0 aliphatic carbocycles. The Hall–Kier alpha value is -0.900. The molecular formula is C16H28N2O. The lowest BCUT2D eigenvalue weighted by molar-refractivity contribution is 0.171. The normalized spacial score (nSPS) is 13.2. The quantitative estimate of drug-likeness (QED) is 0.717. The van der Waals surface area contributed by atoms with Crippen LogP contribution in [0.2, 0.25) is 0 Å². The third kappa shape index (κ3) is 7.31. The van der Waals surface area contributed by atoms with Crippen LogP contribution in [0.4, 0.5) is 0 Å². The van der Waals surface area contributed by atoms with Crippen molar-refractivity contribution in [2.75, 3.05) is 26.2 Å². The van der Waals surface area contributed by atoms with Gasteiger partial charge in [-0.05, 0) is 18.0 Å². The Bertz CT molecular complexity index is 327. The van der Waals surface area contributed by atoms with Gasteiger partial charge in [0, 0.05) is 25.7 Å². The first-order chi connectivity index (χ1) is 9.11. The summed E-state index contributed by atoms with van der Waals surface area (Å²) in [7, 11) is 0. The van der Waals surface area contributed by atoms with E-state index in [4.69, 9.17) is 0 Å². The van der Waals surface area contributed by atoms with Gasteiger partial charge in [-0.1, -0.05) is 51.1 Å². The van der Waals surface area contributed by atoms with Crippen molar-refractivity contribution in [1.29, 1.82) is 0 Å². The number of aliphatic hydroxyl groups is 1. The van der Waals surface area contributed by atoms with E-state index in [2.05, 4.69) is 55.3 Å². The molecule has 0 bridgehead atoms. The van der Waals surface area contributed by atoms with Crippen molar-refractivity contribution in [3.05, 3.63) is 35.9 Å². The van der Waals surface area contributed by atoms with Gasteiger partial charge < -0.3 is 10.4 Å². The predicted molar refractivity (Wildman–Crippen MR) is 81.1 cm³/mol. The molecule has 1 unspecified atom stereocenters. The van der Waals surface area contributed by atoms with Gasteiger partial charge in [0.15, 0.2) is 0 Å². The Morgan fingerprint density at radius 3 is 2.42 bits per heavy atom. The summed E-state index contributed by atoms with van der Waals surface area (Å²) in [6.07, 6.45) is 0. The predicted octanol–water partition coefficient (Wildman–Crippen LogP) is 2.11. The van der Waals surface area contributed by atoms with Crippen LogP contribution in [0.25, 0.3) is 0 Å². The summed E-state index contributed by atoms with van der Waals surface area (Å²) in [5, 5.41) is 12.7. The van der Waals surface area contributed by atoms with Crippen LogP contribution in [-0.2, 0) is 6.54 Å². The highest BCUT2D eigenvalue weighted by molar-refractivity contribution is 5.14. The summed E-state index contributed by atoms with van der Waals surface area (Å²) < 4.78 is 0. The highest BCUT2D eigenvalue weighted by atomic mass is 16.3. The van der Waals surface area contributed by atoms with E-state index in [-0.39, 0.29) is 6.61 Å². The summed E-state index contributed by atoms with van der Waals surface area (Å²) in [5.74, 6) is 0.581. The molecule has 0 aromatic heterocycles. The second-order valence-electron chi connectivity index (χ2n) is 5.61. The van der Waals surface area contributed by atoms with Crippen molar-refractivity contribution in [3.8, 4) is 0 Å². The van der Waals surface area contributed by atoms with Gasteiger partial charge in [0.25, 0.3) is 0 Å². The number of nitrogens with one attached hydrogen (secondary N) is 1. The molecular weight excluding hydrogens is 236 g/mol. The molecule has 0 fully saturated rings. The van der Waals surface area contributed by atoms with Gasteiger partial charge in [-0.25, -0.2) is 0 Å². The summed E-state index contributed by atoms with van der Waals surface area (Å²) in [6, 6.07) is 11.0. The van der Waals surface area contributed by atoms with Gasteiger partial charge in [0.2, 0.25) is 0 Å².